The van der Waals surface area contributed by atoms with E-state index >= 15 is 0 Å². The van der Waals surface area contributed by atoms with Crippen molar-refractivity contribution >= 4 is 21.8 Å². The maximum absolute atomic E-state index is 12.1. The molecule has 1 unspecified atom stereocenters. The Bertz CT molecular complexity index is 596. The number of halogens is 1. The van der Waals surface area contributed by atoms with Crippen LogP contribution in [0.3, 0.4) is 0 Å². The summed E-state index contributed by atoms with van der Waals surface area (Å²) in [4.78, 5) is 12.1. The first-order valence-corrected chi connectivity index (χ1v) is 7.55. The molecule has 0 radical (unpaired) electrons. The maximum Gasteiger partial charge on any atom is 0.242 e. The molecule has 21 heavy (non-hydrogen) atoms. The average Bonchev–Trinajstić information content (AvgIpc) is 2.93. The van der Waals surface area contributed by atoms with Crippen LogP contribution in [0.4, 0.5) is 0 Å². The molecule has 0 bridgehead atoms. The van der Waals surface area contributed by atoms with Gasteiger partial charge in [0.05, 0.1) is 17.9 Å². The van der Waals surface area contributed by atoms with E-state index in [0.717, 1.165) is 16.5 Å². The molecule has 1 amide bonds. The number of hydrogen-bond donors (Lipinski definition) is 2. The van der Waals surface area contributed by atoms with Gasteiger partial charge in [-0.15, -0.1) is 5.10 Å². The van der Waals surface area contributed by atoms with Gasteiger partial charge in [0, 0.05) is 11.0 Å². The lowest BCUT2D eigenvalue weighted by Gasteiger charge is -2.17. The number of hydrogen-bond acceptors (Lipinski definition) is 4. The maximum atomic E-state index is 12.1. The highest BCUT2D eigenvalue weighted by Gasteiger charge is 2.13. The smallest absolute Gasteiger partial charge is 0.242 e. The van der Waals surface area contributed by atoms with Crippen LogP contribution in [0.2, 0.25) is 0 Å². The lowest BCUT2D eigenvalue weighted by atomic mass is 10.0. The van der Waals surface area contributed by atoms with E-state index in [-0.39, 0.29) is 18.5 Å². The second-order valence-electron chi connectivity index (χ2n) is 4.69. The van der Waals surface area contributed by atoms with E-state index in [2.05, 4.69) is 31.6 Å². The molecule has 7 heteroatoms. The van der Waals surface area contributed by atoms with Crippen LogP contribution in [0.25, 0.3) is 0 Å². The fourth-order valence-corrected chi connectivity index (χ4v) is 2.28. The number of nitrogens with zero attached hydrogens (tertiary/aromatic N) is 3. The Morgan fingerprint density at radius 1 is 1.43 bits per heavy atom. The summed E-state index contributed by atoms with van der Waals surface area (Å²) in [5.41, 5.74) is 7.21. The van der Waals surface area contributed by atoms with Gasteiger partial charge < -0.3 is 11.1 Å². The monoisotopic (exact) mass is 351 g/mol. The fraction of sp³-hybridized carbons (Fsp3) is 0.357. The molecule has 112 valence electrons. The highest BCUT2D eigenvalue weighted by atomic mass is 79.9. The third kappa shape index (κ3) is 4.37. The van der Waals surface area contributed by atoms with Crippen molar-refractivity contribution in [2.45, 2.75) is 32.5 Å². The number of carbonyl (C=O) groups is 1. The second kappa shape index (κ2) is 7.33. The summed E-state index contributed by atoms with van der Waals surface area (Å²) < 4.78 is 2.51. The standard InChI is InChI=1S/C14H18BrN5O/c1-2-13(10-3-5-11(15)6-4-10)17-14(21)9-20-8-12(7-16)18-19-20/h3-6,8,13H,2,7,9,16H2,1H3,(H,17,21). The Kier molecular flexibility index (Phi) is 5.46. The number of nitrogens with two attached hydrogens (primary N) is 1. The van der Waals surface area contributed by atoms with Crippen molar-refractivity contribution in [2.75, 3.05) is 0 Å². The van der Waals surface area contributed by atoms with Crippen LogP contribution in [0.1, 0.15) is 30.6 Å². The van der Waals surface area contributed by atoms with Gasteiger partial charge in [0.25, 0.3) is 0 Å². The zero-order chi connectivity index (χ0) is 15.2. The SMILES string of the molecule is CCC(NC(=O)Cn1cc(CN)nn1)c1ccc(Br)cc1. The van der Waals surface area contributed by atoms with Crippen LogP contribution < -0.4 is 11.1 Å². The fourth-order valence-electron chi connectivity index (χ4n) is 2.01. The van der Waals surface area contributed by atoms with E-state index in [1.54, 1.807) is 6.20 Å². The Hall–Kier alpha value is -1.73. The summed E-state index contributed by atoms with van der Waals surface area (Å²) in [6, 6.07) is 7.92. The molecule has 0 spiro atoms. The van der Waals surface area contributed by atoms with Gasteiger partial charge in [0.15, 0.2) is 0 Å². The van der Waals surface area contributed by atoms with Crippen LogP contribution in [-0.2, 0) is 17.9 Å². The molecule has 2 aromatic rings. The molecule has 1 aromatic heterocycles. The minimum absolute atomic E-state index is 0.0110. The van der Waals surface area contributed by atoms with Crippen LogP contribution in [0, 0.1) is 0 Å². The van der Waals surface area contributed by atoms with E-state index in [4.69, 9.17) is 5.73 Å². The first-order valence-electron chi connectivity index (χ1n) is 6.76. The van der Waals surface area contributed by atoms with Gasteiger partial charge in [-0.1, -0.05) is 40.2 Å². The molecule has 2 rings (SSSR count). The molecule has 1 aromatic carbocycles. The molecule has 1 atom stereocenters. The molecule has 6 nitrogen and oxygen atoms in total. The van der Waals surface area contributed by atoms with Gasteiger partial charge >= 0.3 is 0 Å². The van der Waals surface area contributed by atoms with Gasteiger partial charge in [-0.3, -0.25) is 4.79 Å². The Morgan fingerprint density at radius 3 is 2.71 bits per heavy atom. The molecule has 0 fully saturated rings. The quantitative estimate of drug-likeness (QED) is 0.830. The predicted molar refractivity (Wildman–Crippen MR) is 83.2 cm³/mol. The van der Waals surface area contributed by atoms with Gasteiger partial charge in [-0.05, 0) is 24.1 Å². The molecule has 1 heterocycles. The third-order valence-corrected chi connectivity index (χ3v) is 3.65. The van der Waals surface area contributed by atoms with Crippen LogP contribution >= 0.6 is 15.9 Å². The molecular formula is C14H18BrN5O. The van der Waals surface area contributed by atoms with Crippen molar-refractivity contribution in [3.63, 3.8) is 0 Å². The van der Waals surface area contributed by atoms with Gasteiger partial charge in [-0.25, -0.2) is 4.68 Å². The van der Waals surface area contributed by atoms with Gasteiger partial charge in [-0.2, -0.15) is 0 Å². The van der Waals surface area contributed by atoms with Gasteiger partial charge in [0.2, 0.25) is 5.91 Å². The number of aromatic nitrogens is 3. The molecule has 0 aliphatic rings. The van der Waals surface area contributed by atoms with E-state index in [1.165, 1.54) is 4.68 Å². The number of benzene rings is 1. The Labute approximate surface area is 131 Å². The van der Waals surface area contributed by atoms with E-state index < -0.39 is 0 Å². The predicted octanol–water partition coefficient (Wildman–Crippen LogP) is 1.77. The zero-order valence-corrected chi connectivity index (χ0v) is 13.4. The first-order chi connectivity index (χ1) is 10.1. The topological polar surface area (TPSA) is 85.8 Å². The number of carbonyl (C=O) groups excluding carboxylic acids is 1. The summed E-state index contributed by atoms with van der Waals surface area (Å²) in [6.45, 7) is 2.49. The van der Waals surface area contributed by atoms with Crippen LogP contribution in [0.15, 0.2) is 34.9 Å². The van der Waals surface area contributed by atoms with Crippen LogP contribution in [-0.4, -0.2) is 20.9 Å². The van der Waals surface area contributed by atoms with Gasteiger partial charge in [0.1, 0.15) is 6.54 Å². The van der Waals surface area contributed by atoms with Crippen molar-refractivity contribution in [3.8, 4) is 0 Å². The van der Waals surface area contributed by atoms with E-state index in [0.29, 0.717) is 12.2 Å². The van der Waals surface area contributed by atoms with Crippen LogP contribution in [0.5, 0.6) is 0 Å². The molecule has 0 aliphatic heterocycles. The Morgan fingerprint density at radius 2 is 2.14 bits per heavy atom. The summed E-state index contributed by atoms with van der Waals surface area (Å²) >= 11 is 3.40. The minimum atomic E-state index is -0.0989. The number of amides is 1. The summed E-state index contributed by atoms with van der Waals surface area (Å²) in [5, 5.41) is 10.7. The summed E-state index contributed by atoms with van der Waals surface area (Å²) in [6.07, 6.45) is 2.50. The molecule has 0 aliphatic carbocycles. The van der Waals surface area contributed by atoms with Crippen molar-refractivity contribution in [2.24, 2.45) is 5.73 Å². The summed E-state index contributed by atoms with van der Waals surface area (Å²) in [5.74, 6) is -0.0989. The molecule has 0 saturated carbocycles. The summed E-state index contributed by atoms with van der Waals surface area (Å²) in [7, 11) is 0. The molecule has 0 saturated heterocycles. The Balaban J connectivity index is 1.97. The molecular weight excluding hydrogens is 334 g/mol. The lowest BCUT2D eigenvalue weighted by molar-refractivity contribution is -0.122. The van der Waals surface area contributed by atoms with E-state index in [1.807, 2.05) is 31.2 Å². The van der Waals surface area contributed by atoms with Crippen molar-refractivity contribution in [1.29, 1.82) is 0 Å². The van der Waals surface area contributed by atoms with E-state index in [9.17, 15) is 4.79 Å². The van der Waals surface area contributed by atoms with Crippen molar-refractivity contribution < 1.29 is 4.79 Å². The lowest BCUT2D eigenvalue weighted by Crippen LogP contribution is -2.31. The first kappa shape index (κ1) is 15.7. The van der Waals surface area contributed by atoms with Crippen molar-refractivity contribution in [1.82, 2.24) is 20.3 Å². The average molecular weight is 352 g/mol. The van der Waals surface area contributed by atoms with Crippen molar-refractivity contribution in [3.05, 3.63) is 46.2 Å². The highest BCUT2D eigenvalue weighted by Crippen LogP contribution is 2.19. The largest absolute Gasteiger partial charge is 0.348 e. The zero-order valence-electron chi connectivity index (χ0n) is 11.8. The number of rotatable bonds is 6. The molecule has 3 N–H and O–H groups in total. The second-order valence-corrected chi connectivity index (χ2v) is 5.61. The minimum Gasteiger partial charge on any atom is -0.348 e. The third-order valence-electron chi connectivity index (χ3n) is 3.12. The normalized spacial score (nSPS) is 12.1. The highest BCUT2D eigenvalue weighted by molar-refractivity contribution is 9.10. The number of nitrogens with one attached hydrogen (secondary N) is 1.